The second kappa shape index (κ2) is 7.18. The van der Waals surface area contributed by atoms with Gasteiger partial charge < -0.3 is 9.47 Å². The number of halogens is 2. The molecule has 0 aliphatic heterocycles. The van der Waals surface area contributed by atoms with Gasteiger partial charge in [-0.05, 0) is 40.0 Å². The highest BCUT2D eigenvalue weighted by atomic mass is 79.9. The highest BCUT2D eigenvalue weighted by Crippen LogP contribution is 2.30. The fourth-order valence-corrected chi connectivity index (χ4v) is 2.93. The van der Waals surface area contributed by atoms with Gasteiger partial charge in [0.2, 0.25) is 0 Å². The molecule has 0 saturated heterocycles. The van der Waals surface area contributed by atoms with Crippen LogP contribution < -0.4 is 9.47 Å². The lowest BCUT2D eigenvalue weighted by Gasteiger charge is -2.12. The first-order valence-electron chi connectivity index (χ1n) is 6.66. The van der Waals surface area contributed by atoms with E-state index < -0.39 is 0 Å². The summed E-state index contributed by atoms with van der Waals surface area (Å²) in [7, 11) is 3.53. The average molecular weight is 374 g/mol. The first-order valence-corrected chi connectivity index (χ1v) is 7.99. The zero-order valence-corrected chi connectivity index (χ0v) is 14.7. The summed E-state index contributed by atoms with van der Waals surface area (Å²) in [6.45, 7) is 2.49. The summed E-state index contributed by atoms with van der Waals surface area (Å²) in [5.74, 6) is 1.82. The number of benzene rings is 1. The zero-order valence-electron chi connectivity index (χ0n) is 12.3. The van der Waals surface area contributed by atoms with Gasteiger partial charge >= 0.3 is 0 Å². The number of rotatable bonds is 6. The quantitative estimate of drug-likeness (QED) is 0.716. The Labute approximate surface area is 138 Å². The Morgan fingerprint density at radius 1 is 1.33 bits per heavy atom. The first kappa shape index (κ1) is 16.2. The molecular weight excluding hydrogens is 356 g/mol. The molecule has 0 spiro atoms. The van der Waals surface area contributed by atoms with Gasteiger partial charge in [-0.15, -0.1) is 11.6 Å². The molecule has 2 rings (SSSR count). The second-order valence-electron chi connectivity index (χ2n) is 4.59. The molecule has 4 nitrogen and oxygen atoms in total. The van der Waals surface area contributed by atoms with Crippen LogP contribution in [0.4, 0.5) is 0 Å². The third kappa shape index (κ3) is 3.52. The van der Waals surface area contributed by atoms with Gasteiger partial charge in [-0.1, -0.05) is 13.0 Å². The monoisotopic (exact) mass is 372 g/mol. The van der Waals surface area contributed by atoms with Crippen molar-refractivity contribution < 1.29 is 9.47 Å². The molecule has 0 unspecified atom stereocenters. The molecule has 2 aromatic rings. The van der Waals surface area contributed by atoms with E-state index in [2.05, 4.69) is 28.0 Å². The van der Waals surface area contributed by atoms with Crippen LogP contribution >= 0.6 is 27.5 Å². The third-order valence-corrected chi connectivity index (χ3v) is 4.47. The smallest absolute Gasteiger partial charge is 0.161 e. The topological polar surface area (TPSA) is 36.3 Å². The van der Waals surface area contributed by atoms with Crippen LogP contribution in [0.2, 0.25) is 0 Å². The van der Waals surface area contributed by atoms with Crippen molar-refractivity contribution in [1.29, 1.82) is 0 Å². The van der Waals surface area contributed by atoms with E-state index in [0.29, 0.717) is 24.0 Å². The summed E-state index contributed by atoms with van der Waals surface area (Å²) < 4.78 is 14.1. The Hall–Kier alpha value is -1.20. The number of hydrogen-bond donors (Lipinski definition) is 0. The van der Waals surface area contributed by atoms with Crippen LogP contribution in [0.15, 0.2) is 22.7 Å². The average Bonchev–Trinajstić information content (AvgIpc) is 2.79. The fraction of sp³-hybridized carbons (Fsp3) is 0.400. The summed E-state index contributed by atoms with van der Waals surface area (Å²) in [6.07, 6.45) is 0.877. The van der Waals surface area contributed by atoms with Crippen molar-refractivity contribution in [2.75, 3.05) is 7.11 Å². The van der Waals surface area contributed by atoms with Gasteiger partial charge in [-0.3, -0.25) is 4.68 Å². The standard InChI is InChI=1S/C15H18BrClN2O2/c1-4-11-15(16)12(19(2)18-11)9-21-13-6-5-10(8-17)7-14(13)20-3/h5-7H,4,8-9H2,1-3H3. The van der Waals surface area contributed by atoms with Crippen molar-refractivity contribution >= 4 is 27.5 Å². The molecule has 0 aliphatic rings. The Morgan fingerprint density at radius 3 is 2.67 bits per heavy atom. The lowest BCUT2D eigenvalue weighted by Crippen LogP contribution is -2.04. The molecule has 1 aromatic heterocycles. The van der Waals surface area contributed by atoms with Crippen LogP contribution in [0.5, 0.6) is 11.5 Å². The molecule has 1 aromatic carbocycles. The summed E-state index contributed by atoms with van der Waals surface area (Å²) in [4.78, 5) is 0. The van der Waals surface area contributed by atoms with Gasteiger partial charge in [0.15, 0.2) is 11.5 Å². The normalized spacial score (nSPS) is 10.7. The van der Waals surface area contributed by atoms with E-state index in [4.69, 9.17) is 21.1 Å². The highest BCUT2D eigenvalue weighted by Gasteiger charge is 2.14. The summed E-state index contributed by atoms with van der Waals surface area (Å²) in [5.41, 5.74) is 3.02. The van der Waals surface area contributed by atoms with Crippen LogP contribution in [0, 0.1) is 0 Å². The second-order valence-corrected chi connectivity index (χ2v) is 5.65. The SMILES string of the molecule is CCc1nn(C)c(COc2ccc(CCl)cc2OC)c1Br. The Bertz CT molecular complexity index is 628. The van der Waals surface area contributed by atoms with Crippen molar-refractivity contribution in [1.82, 2.24) is 9.78 Å². The van der Waals surface area contributed by atoms with E-state index in [9.17, 15) is 0 Å². The van der Waals surface area contributed by atoms with Gasteiger partial charge in [-0.2, -0.15) is 5.10 Å². The number of alkyl halides is 1. The largest absolute Gasteiger partial charge is 0.493 e. The molecule has 0 bridgehead atoms. The van der Waals surface area contributed by atoms with E-state index in [1.165, 1.54) is 0 Å². The number of nitrogens with zero attached hydrogens (tertiary/aromatic N) is 2. The van der Waals surface area contributed by atoms with Crippen molar-refractivity contribution in [2.24, 2.45) is 7.05 Å². The van der Waals surface area contributed by atoms with Gasteiger partial charge in [0.25, 0.3) is 0 Å². The maximum atomic E-state index is 5.87. The first-order chi connectivity index (χ1) is 10.1. The van der Waals surface area contributed by atoms with Crippen LogP contribution in [0.3, 0.4) is 0 Å². The number of hydrogen-bond acceptors (Lipinski definition) is 3. The molecule has 0 saturated carbocycles. The number of aryl methyl sites for hydroxylation is 2. The lowest BCUT2D eigenvalue weighted by molar-refractivity contribution is 0.275. The maximum Gasteiger partial charge on any atom is 0.161 e. The van der Waals surface area contributed by atoms with Crippen molar-refractivity contribution in [3.8, 4) is 11.5 Å². The molecule has 6 heteroatoms. The minimum absolute atomic E-state index is 0.417. The predicted molar refractivity (Wildman–Crippen MR) is 87.2 cm³/mol. The molecule has 114 valence electrons. The number of methoxy groups -OCH3 is 1. The van der Waals surface area contributed by atoms with E-state index in [-0.39, 0.29) is 0 Å². The fourth-order valence-electron chi connectivity index (χ4n) is 2.04. The molecule has 0 aliphatic carbocycles. The molecule has 0 amide bonds. The van der Waals surface area contributed by atoms with Crippen molar-refractivity contribution in [3.05, 3.63) is 39.6 Å². The van der Waals surface area contributed by atoms with Crippen LogP contribution in [0.1, 0.15) is 23.9 Å². The highest BCUT2D eigenvalue weighted by molar-refractivity contribution is 9.10. The number of ether oxygens (including phenoxy) is 2. The predicted octanol–water partition coefficient (Wildman–Crippen LogP) is 4.07. The molecule has 1 heterocycles. The summed E-state index contributed by atoms with van der Waals surface area (Å²) in [5, 5.41) is 4.45. The molecule has 0 radical (unpaired) electrons. The molecule has 0 N–H and O–H groups in total. The van der Waals surface area contributed by atoms with Gasteiger partial charge in [0.05, 0.1) is 23.0 Å². The van der Waals surface area contributed by atoms with Crippen LogP contribution in [-0.4, -0.2) is 16.9 Å². The minimum Gasteiger partial charge on any atom is -0.493 e. The van der Waals surface area contributed by atoms with Crippen molar-refractivity contribution in [3.63, 3.8) is 0 Å². The lowest BCUT2D eigenvalue weighted by atomic mass is 10.2. The van der Waals surface area contributed by atoms with E-state index in [1.54, 1.807) is 7.11 Å². The van der Waals surface area contributed by atoms with Crippen LogP contribution in [0.25, 0.3) is 0 Å². The molecule has 0 atom stereocenters. The maximum absolute atomic E-state index is 5.87. The van der Waals surface area contributed by atoms with E-state index >= 15 is 0 Å². The summed E-state index contributed by atoms with van der Waals surface area (Å²) in [6, 6.07) is 5.69. The zero-order chi connectivity index (χ0) is 15.4. The Balaban J connectivity index is 2.18. The summed E-state index contributed by atoms with van der Waals surface area (Å²) >= 11 is 9.41. The molecular formula is C15H18BrClN2O2. The van der Waals surface area contributed by atoms with E-state index in [1.807, 2.05) is 29.9 Å². The van der Waals surface area contributed by atoms with Gasteiger partial charge in [0.1, 0.15) is 6.61 Å². The molecule has 21 heavy (non-hydrogen) atoms. The Kier molecular flexibility index (Phi) is 5.53. The third-order valence-electron chi connectivity index (χ3n) is 3.25. The molecule has 0 fully saturated rings. The van der Waals surface area contributed by atoms with Gasteiger partial charge in [-0.25, -0.2) is 0 Å². The van der Waals surface area contributed by atoms with Gasteiger partial charge in [0, 0.05) is 12.9 Å². The number of aromatic nitrogens is 2. The van der Waals surface area contributed by atoms with E-state index in [0.717, 1.165) is 27.8 Å². The van der Waals surface area contributed by atoms with Crippen molar-refractivity contribution in [2.45, 2.75) is 25.8 Å². The minimum atomic E-state index is 0.417. The Morgan fingerprint density at radius 2 is 2.10 bits per heavy atom. The van der Waals surface area contributed by atoms with Crippen LogP contribution in [-0.2, 0) is 26.0 Å².